The summed E-state index contributed by atoms with van der Waals surface area (Å²) < 4.78 is 1.71. The largest absolute Gasteiger partial charge is 0.395 e. The van der Waals surface area contributed by atoms with Gasteiger partial charge in [-0.2, -0.15) is 5.10 Å². The number of aromatic nitrogens is 2. The number of aliphatic hydroxyl groups excluding tert-OH is 2. The van der Waals surface area contributed by atoms with Crippen LogP contribution in [-0.4, -0.2) is 33.2 Å². The second kappa shape index (κ2) is 6.18. The fourth-order valence-electron chi connectivity index (χ4n) is 2.55. The van der Waals surface area contributed by atoms with Crippen molar-refractivity contribution in [3.8, 4) is 0 Å². The molecular weight excluding hydrogens is 288 g/mol. The molecule has 0 aliphatic heterocycles. The van der Waals surface area contributed by atoms with Crippen molar-refractivity contribution in [3.63, 3.8) is 0 Å². The number of hydrogen-bond donors (Lipinski definition) is 2. The van der Waals surface area contributed by atoms with Gasteiger partial charge in [0.15, 0.2) is 0 Å². The molecule has 0 radical (unpaired) electrons. The van der Waals surface area contributed by atoms with E-state index >= 15 is 0 Å². The molecule has 0 aliphatic rings. The van der Waals surface area contributed by atoms with E-state index in [2.05, 4.69) is 5.10 Å². The van der Waals surface area contributed by atoms with E-state index in [1.54, 1.807) is 4.68 Å². The van der Waals surface area contributed by atoms with E-state index in [4.69, 9.17) is 11.6 Å². The molecule has 0 bridgehead atoms. The number of nitrogens with zero attached hydrogens (tertiary/aromatic N) is 2. The van der Waals surface area contributed by atoms with E-state index < -0.39 is 5.41 Å². The van der Waals surface area contributed by atoms with E-state index in [-0.39, 0.29) is 13.2 Å². The second-order valence-corrected chi connectivity index (χ2v) is 5.99. The number of benzene rings is 1. The maximum absolute atomic E-state index is 9.92. The van der Waals surface area contributed by atoms with Crippen molar-refractivity contribution < 1.29 is 10.2 Å². The molecule has 0 atom stereocenters. The molecule has 4 nitrogen and oxygen atoms in total. The Morgan fingerprint density at radius 2 is 1.71 bits per heavy atom. The molecule has 5 heteroatoms. The average molecular weight is 309 g/mol. The molecule has 0 aliphatic carbocycles. The summed E-state index contributed by atoms with van der Waals surface area (Å²) in [5.74, 6) is 0. The molecule has 1 aromatic heterocycles. The van der Waals surface area contributed by atoms with Crippen molar-refractivity contribution in [1.29, 1.82) is 0 Å². The molecule has 2 aromatic rings. The van der Waals surface area contributed by atoms with Crippen LogP contribution in [0.1, 0.15) is 22.5 Å². The summed E-state index contributed by atoms with van der Waals surface area (Å²) in [7, 11) is 1.82. The molecule has 0 fully saturated rings. The Bertz CT molecular complexity index is 616. The highest BCUT2D eigenvalue weighted by Crippen LogP contribution is 2.32. The Balaban J connectivity index is 2.45. The first kappa shape index (κ1) is 16.0. The molecule has 0 unspecified atom stereocenters. The van der Waals surface area contributed by atoms with Crippen LogP contribution in [0.15, 0.2) is 24.3 Å². The van der Waals surface area contributed by atoms with Crippen molar-refractivity contribution in [3.05, 3.63) is 51.8 Å². The minimum atomic E-state index is -0.766. The zero-order valence-corrected chi connectivity index (χ0v) is 13.4. The summed E-state index contributed by atoms with van der Waals surface area (Å²) >= 11 is 6.30. The van der Waals surface area contributed by atoms with Crippen molar-refractivity contribution in [1.82, 2.24) is 9.78 Å². The smallest absolute Gasteiger partial charge is 0.0847 e. The third-order valence-electron chi connectivity index (χ3n) is 4.04. The van der Waals surface area contributed by atoms with Gasteiger partial charge >= 0.3 is 0 Å². The summed E-state index contributed by atoms with van der Waals surface area (Å²) in [5.41, 5.74) is 2.84. The van der Waals surface area contributed by atoms with E-state index in [1.165, 1.54) is 0 Å². The first-order valence-electron chi connectivity index (χ1n) is 6.90. The fourth-order valence-corrected chi connectivity index (χ4v) is 2.77. The van der Waals surface area contributed by atoms with E-state index in [9.17, 15) is 10.2 Å². The predicted octanol–water partition coefficient (Wildman–Crippen LogP) is 2.16. The molecular formula is C16H21ClN2O2. The van der Waals surface area contributed by atoms with Gasteiger partial charge in [-0.15, -0.1) is 0 Å². The van der Waals surface area contributed by atoms with Gasteiger partial charge in [0.05, 0.1) is 29.6 Å². The highest BCUT2D eigenvalue weighted by Gasteiger charge is 2.33. The number of hydrogen-bond acceptors (Lipinski definition) is 3. The molecule has 114 valence electrons. The van der Waals surface area contributed by atoms with Gasteiger partial charge in [-0.1, -0.05) is 41.4 Å². The first-order chi connectivity index (χ1) is 9.93. The number of halogens is 1. The highest BCUT2D eigenvalue weighted by molar-refractivity contribution is 6.31. The van der Waals surface area contributed by atoms with Gasteiger partial charge in [-0.05, 0) is 19.4 Å². The van der Waals surface area contributed by atoms with Crippen molar-refractivity contribution >= 4 is 11.6 Å². The zero-order valence-electron chi connectivity index (χ0n) is 12.6. The lowest BCUT2D eigenvalue weighted by Gasteiger charge is -2.30. The lowest BCUT2D eigenvalue weighted by Crippen LogP contribution is -2.38. The van der Waals surface area contributed by atoms with Crippen LogP contribution < -0.4 is 0 Å². The van der Waals surface area contributed by atoms with Crippen LogP contribution in [0.4, 0.5) is 0 Å². The Morgan fingerprint density at radius 1 is 1.14 bits per heavy atom. The van der Waals surface area contributed by atoms with Crippen molar-refractivity contribution in [2.24, 2.45) is 7.05 Å². The molecule has 0 spiro atoms. The van der Waals surface area contributed by atoms with Crippen molar-refractivity contribution in [2.45, 2.75) is 25.7 Å². The Labute approximate surface area is 130 Å². The predicted molar refractivity (Wildman–Crippen MR) is 83.7 cm³/mol. The normalized spacial score (nSPS) is 11.9. The van der Waals surface area contributed by atoms with Gasteiger partial charge in [0.2, 0.25) is 0 Å². The van der Waals surface area contributed by atoms with E-state index in [0.29, 0.717) is 11.4 Å². The van der Waals surface area contributed by atoms with Crippen LogP contribution in [-0.2, 0) is 18.9 Å². The van der Waals surface area contributed by atoms with Crippen LogP contribution in [0.25, 0.3) is 0 Å². The van der Waals surface area contributed by atoms with Gasteiger partial charge in [-0.25, -0.2) is 0 Å². The third kappa shape index (κ3) is 2.98. The Hall–Kier alpha value is -1.36. The molecule has 1 heterocycles. The summed E-state index contributed by atoms with van der Waals surface area (Å²) in [6, 6.07) is 7.84. The van der Waals surface area contributed by atoms with Gasteiger partial charge in [-0.3, -0.25) is 4.68 Å². The third-order valence-corrected chi connectivity index (χ3v) is 4.53. The minimum absolute atomic E-state index is 0.160. The zero-order chi connectivity index (χ0) is 15.6. The van der Waals surface area contributed by atoms with Crippen molar-refractivity contribution in [2.75, 3.05) is 13.2 Å². The summed E-state index contributed by atoms with van der Waals surface area (Å²) in [6.45, 7) is 3.53. The Morgan fingerprint density at radius 3 is 2.14 bits per heavy atom. The molecule has 1 aromatic carbocycles. The minimum Gasteiger partial charge on any atom is -0.395 e. The SMILES string of the molecule is Cc1ccc(C(CO)(CO)Cc2c(Cl)c(C)nn2C)cc1. The molecule has 2 N–H and O–H groups in total. The van der Waals surface area contributed by atoms with Crippen LogP contribution in [0.5, 0.6) is 0 Å². The second-order valence-electron chi connectivity index (χ2n) is 5.61. The average Bonchev–Trinajstić information content (AvgIpc) is 2.72. The van der Waals surface area contributed by atoms with Crippen LogP contribution >= 0.6 is 11.6 Å². The van der Waals surface area contributed by atoms with Gasteiger partial charge < -0.3 is 10.2 Å². The summed E-state index contributed by atoms with van der Waals surface area (Å²) in [5, 5.41) is 24.7. The van der Waals surface area contributed by atoms with Gasteiger partial charge in [0.25, 0.3) is 0 Å². The van der Waals surface area contributed by atoms with Gasteiger partial charge in [0.1, 0.15) is 0 Å². The van der Waals surface area contributed by atoms with E-state index in [0.717, 1.165) is 22.5 Å². The molecule has 0 saturated heterocycles. The van der Waals surface area contributed by atoms with Crippen LogP contribution in [0, 0.1) is 13.8 Å². The Kier molecular flexibility index (Phi) is 4.71. The molecule has 0 saturated carbocycles. The summed E-state index contributed by atoms with van der Waals surface area (Å²) in [4.78, 5) is 0. The lowest BCUT2D eigenvalue weighted by molar-refractivity contribution is 0.115. The molecule has 0 amide bonds. The molecule has 2 rings (SSSR count). The van der Waals surface area contributed by atoms with Crippen LogP contribution in [0.3, 0.4) is 0 Å². The standard InChI is InChI=1S/C16H21ClN2O2/c1-11-4-6-13(7-5-11)16(9-20,10-21)8-14-15(17)12(2)18-19(14)3/h4-7,20-21H,8-10H2,1-3H3. The number of aliphatic hydroxyl groups is 2. The topological polar surface area (TPSA) is 58.3 Å². The fraction of sp³-hybridized carbons (Fsp3) is 0.438. The highest BCUT2D eigenvalue weighted by atomic mass is 35.5. The van der Waals surface area contributed by atoms with Crippen LogP contribution in [0.2, 0.25) is 5.02 Å². The monoisotopic (exact) mass is 308 g/mol. The molecule has 21 heavy (non-hydrogen) atoms. The number of aryl methyl sites for hydroxylation is 3. The first-order valence-corrected chi connectivity index (χ1v) is 7.28. The lowest BCUT2D eigenvalue weighted by atomic mass is 9.77. The number of rotatable bonds is 5. The van der Waals surface area contributed by atoms with Gasteiger partial charge in [0, 0.05) is 18.9 Å². The van der Waals surface area contributed by atoms with E-state index in [1.807, 2.05) is 45.2 Å². The maximum Gasteiger partial charge on any atom is 0.0847 e. The quantitative estimate of drug-likeness (QED) is 0.890. The maximum atomic E-state index is 9.92. The summed E-state index contributed by atoms with van der Waals surface area (Å²) in [6.07, 6.45) is 0.430.